The Kier molecular flexibility index (Phi) is 3.17. The predicted octanol–water partition coefficient (Wildman–Crippen LogP) is 0.356. The fourth-order valence-electron chi connectivity index (χ4n) is 1.56. The third-order valence-corrected chi connectivity index (χ3v) is 2.95. The zero-order valence-corrected chi connectivity index (χ0v) is 10.6. The van der Waals surface area contributed by atoms with E-state index in [4.69, 9.17) is 12.2 Å². The fourth-order valence-corrected chi connectivity index (χ4v) is 1.75. The molecule has 1 heterocycles. The molecule has 2 rings (SSSR count). The van der Waals surface area contributed by atoms with Gasteiger partial charge in [0.15, 0.2) is 5.11 Å². The van der Waals surface area contributed by atoms with E-state index in [0.29, 0.717) is 5.56 Å². The molecule has 1 aromatic rings. The van der Waals surface area contributed by atoms with E-state index < -0.39 is 16.4 Å². The van der Waals surface area contributed by atoms with E-state index >= 15 is 0 Å². The molecule has 1 aliphatic rings. The van der Waals surface area contributed by atoms with Crippen LogP contribution in [0.15, 0.2) is 23.9 Å². The number of amides is 1. The Bertz CT molecular complexity index is 626. The first-order valence-electron chi connectivity index (χ1n) is 5.16. The Morgan fingerprint density at radius 2 is 2.16 bits per heavy atom. The molecular formula is C11H8N3O4S-. The van der Waals surface area contributed by atoms with E-state index in [1.807, 2.05) is 0 Å². The zero-order valence-electron chi connectivity index (χ0n) is 9.75. The number of nitrogens with zero attached hydrogens (tertiary/aromatic N) is 2. The molecule has 19 heavy (non-hydrogen) atoms. The van der Waals surface area contributed by atoms with Crippen LogP contribution in [0.5, 0.6) is 5.75 Å². The highest BCUT2D eigenvalue weighted by Crippen LogP contribution is 2.25. The van der Waals surface area contributed by atoms with Crippen molar-refractivity contribution < 1.29 is 14.8 Å². The largest absolute Gasteiger partial charge is 0.868 e. The number of thiocarbonyl (C=S) groups is 1. The molecule has 0 aliphatic carbocycles. The van der Waals surface area contributed by atoms with E-state index in [1.165, 1.54) is 24.1 Å². The van der Waals surface area contributed by atoms with Crippen molar-refractivity contribution in [3.05, 3.63) is 39.6 Å². The normalized spacial score (nSPS) is 16.9. The van der Waals surface area contributed by atoms with Crippen molar-refractivity contribution in [3.8, 4) is 5.75 Å². The molecule has 8 heteroatoms. The van der Waals surface area contributed by atoms with Crippen LogP contribution in [-0.4, -0.2) is 27.9 Å². The van der Waals surface area contributed by atoms with E-state index in [-0.39, 0.29) is 16.7 Å². The van der Waals surface area contributed by atoms with Gasteiger partial charge in [-0.25, -0.2) is 0 Å². The monoisotopic (exact) mass is 278 g/mol. The van der Waals surface area contributed by atoms with E-state index in [0.717, 1.165) is 12.1 Å². The van der Waals surface area contributed by atoms with Crippen LogP contribution < -0.4 is 10.4 Å². The molecule has 0 aromatic heterocycles. The first-order chi connectivity index (χ1) is 8.90. The van der Waals surface area contributed by atoms with Gasteiger partial charge in [-0.1, -0.05) is 12.1 Å². The summed E-state index contributed by atoms with van der Waals surface area (Å²) >= 11 is 4.90. The summed E-state index contributed by atoms with van der Waals surface area (Å²) in [5.41, 5.74) is 0.0522. The molecule has 0 atom stereocenters. The van der Waals surface area contributed by atoms with Crippen LogP contribution >= 0.6 is 12.2 Å². The van der Waals surface area contributed by atoms with Crippen molar-refractivity contribution in [1.29, 1.82) is 0 Å². The smallest absolute Gasteiger partial charge is 0.276 e. The third-order valence-electron chi connectivity index (χ3n) is 2.57. The van der Waals surface area contributed by atoms with E-state index in [1.54, 1.807) is 0 Å². The van der Waals surface area contributed by atoms with Crippen LogP contribution in [0, 0.1) is 10.1 Å². The average molecular weight is 278 g/mol. The van der Waals surface area contributed by atoms with Crippen molar-refractivity contribution in [1.82, 2.24) is 10.2 Å². The van der Waals surface area contributed by atoms with Gasteiger partial charge >= 0.3 is 0 Å². The van der Waals surface area contributed by atoms with E-state index in [2.05, 4.69) is 5.32 Å². The minimum absolute atomic E-state index is 0.209. The van der Waals surface area contributed by atoms with Crippen LogP contribution in [0.2, 0.25) is 0 Å². The van der Waals surface area contributed by atoms with Gasteiger partial charge in [0, 0.05) is 13.1 Å². The molecule has 0 spiro atoms. The molecule has 98 valence electrons. The maximum Gasteiger partial charge on any atom is 0.276 e. The summed E-state index contributed by atoms with van der Waals surface area (Å²) in [7, 11) is 1.52. The molecule has 1 saturated heterocycles. The second-order valence-corrected chi connectivity index (χ2v) is 4.22. The Labute approximate surface area is 113 Å². The molecule has 0 radical (unpaired) electrons. The summed E-state index contributed by atoms with van der Waals surface area (Å²) in [6.07, 6.45) is 1.41. The average Bonchev–Trinajstić information content (AvgIpc) is 2.59. The molecule has 1 fully saturated rings. The Hall–Kier alpha value is -2.48. The van der Waals surface area contributed by atoms with Gasteiger partial charge in [0.25, 0.3) is 11.6 Å². The number of likely N-dealkylation sites (N-methyl/N-ethyl adjacent to an activating group) is 1. The van der Waals surface area contributed by atoms with Gasteiger partial charge in [-0.05, 0) is 29.6 Å². The van der Waals surface area contributed by atoms with Crippen molar-refractivity contribution >= 4 is 35.0 Å². The lowest BCUT2D eigenvalue weighted by Crippen LogP contribution is -2.25. The lowest BCUT2D eigenvalue weighted by molar-refractivity contribution is -0.398. The van der Waals surface area contributed by atoms with E-state index in [9.17, 15) is 20.0 Å². The number of hydrogen-bond acceptors (Lipinski definition) is 5. The lowest BCUT2D eigenvalue weighted by atomic mass is 10.1. The van der Waals surface area contributed by atoms with Crippen LogP contribution in [0.25, 0.3) is 6.08 Å². The highest BCUT2D eigenvalue weighted by molar-refractivity contribution is 7.80. The molecule has 1 aliphatic heterocycles. The number of nitrogens with one attached hydrogen (secondary N) is 1. The zero-order chi connectivity index (χ0) is 14.2. The van der Waals surface area contributed by atoms with Gasteiger partial charge in [-0.3, -0.25) is 19.8 Å². The topological polar surface area (TPSA) is 98.5 Å². The number of hydrogen-bond donors (Lipinski definition) is 1. The molecule has 0 saturated carbocycles. The number of nitro groups is 1. The molecule has 1 aromatic carbocycles. The number of carbonyl (C=O) groups is 1. The summed E-state index contributed by atoms with van der Waals surface area (Å²) in [4.78, 5) is 22.9. The van der Waals surface area contributed by atoms with Gasteiger partial charge in [-0.2, -0.15) is 0 Å². The van der Waals surface area contributed by atoms with Crippen molar-refractivity contribution in [2.75, 3.05) is 7.05 Å². The second-order valence-electron chi connectivity index (χ2n) is 3.84. The van der Waals surface area contributed by atoms with Crippen molar-refractivity contribution in [2.24, 2.45) is 0 Å². The Morgan fingerprint density at radius 3 is 2.68 bits per heavy atom. The summed E-state index contributed by atoms with van der Waals surface area (Å²) in [5, 5.41) is 24.8. The highest BCUT2D eigenvalue weighted by atomic mass is 32.1. The number of benzene rings is 1. The molecule has 0 bridgehead atoms. The van der Waals surface area contributed by atoms with Crippen molar-refractivity contribution in [2.45, 2.75) is 0 Å². The highest BCUT2D eigenvalue weighted by Gasteiger charge is 2.27. The second kappa shape index (κ2) is 4.65. The summed E-state index contributed by atoms with van der Waals surface area (Å²) in [6, 6.07) is 3.61. The summed E-state index contributed by atoms with van der Waals surface area (Å²) in [5.74, 6) is -1.01. The van der Waals surface area contributed by atoms with Crippen molar-refractivity contribution in [3.63, 3.8) is 0 Å². The first-order valence-corrected chi connectivity index (χ1v) is 5.57. The first kappa shape index (κ1) is 13.0. The Balaban J connectivity index is 2.39. The molecule has 0 unspecified atom stereocenters. The minimum Gasteiger partial charge on any atom is -0.868 e. The molecule has 7 nitrogen and oxygen atoms in total. The van der Waals surface area contributed by atoms with Gasteiger partial charge in [0.2, 0.25) is 0 Å². The molecule has 1 amide bonds. The number of rotatable bonds is 2. The maximum absolute atomic E-state index is 11.7. The SMILES string of the molecule is CN1C(=O)/C(=C/c2ccc([O-])c([N+](=O)[O-])c2)NC1=S. The quantitative estimate of drug-likeness (QED) is 0.363. The Morgan fingerprint density at radius 1 is 1.47 bits per heavy atom. The maximum atomic E-state index is 11.7. The van der Waals surface area contributed by atoms with Crippen LogP contribution in [0.3, 0.4) is 0 Å². The van der Waals surface area contributed by atoms with Crippen LogP contribution in [0.1, 0.15) is 5.56 Å². The van der Waals surface area contributed by atoms with Gasteiger partial charge in [-0.15, -0.1) is 0 Å². The lowest BCUT2D eigenvalue weighted by Gasteiger charge is -2.06. The fraction of sp³-hybridized carbons (Fsp3) is 0.0909. The summed E-state index contributed by atoms with van der Waals surface area (Å²) < 4.78 is 0. The van der Waals surface area contributed by atoms with Gasteiger partial charge in [0.1, 0.15) is 5.70 Å². The standard InChI is InChI=1S/C11H9N3O4S/c1-13-10(16)7(12-11(13)19)4-6-2-3-9(15)8(5-6)14(17)18/h2-5,15H,1H3,(H,12,19)/p-1/b7-4-. The van der Waals surface area contributed by atoms with Crippen LogP contribution in [-0.2, 0) is 4.79 Å². The molecule has 1 N–H and O–H groups in total. The summed E-state index contributed by atoms with van der Waals surface area (Å²) in [6.45, 7) is 0. The number of nitro benzene ring substituents is 1. The van der Waals surface area contributed by atoms with Gasteiger partial charge in [0.05, 0.1) is 4.92 Å². The third kappa shape index (κ3) is 2.38. The number of carbonyl (C=O) groups excluding carboxylic acids is 1. The predicted molar refractivity (Wildman–Crippen MR) is 69.0 cm³/mol. The van der Waals surface area contributed by atoms with Crippen LogP contribution in [0.4, 0.5) is 5.69 Å². The molecular weight excluding hydrogens is 270 g/mol. The van der Waals surface area contributed by atoms with Gasteiger partial charge < -0.3 is 10.4 Å². The minimum atomic E-state index is -0.759.